The van der Waals surface area contributed by atoms with E-state index in [2.05, 4.69) is 9.97 Å². The van der Waals surface area contributed by atoms with Gasteiger partial charge in [0.1, 0.15) is 11.2 Å². The highest BCUT2D eigenvalue weighted by atomic mass is 32.2. The van der Waals surface area contributed by atoms with Crippen LogP contribution in [0.4, 0.5) is 0 Å². The van der Waals surface area contributed by atoms with Crippen LogP contribution in [0.15, 0.2) is 88.8 Å². The molecule has 31 heavy (non-hydrogen) atoms. The quantitative estimate of drug-likeness (QED) is 0.450. The topological polar surface area (TPSA) is 91.6 Å². The molecular weight excluding hydrogens is 408 g/mol. The Hall–Kier alpha value is -3.71. The summed E-state index contributed by atoms with van der Waals surface area (Å²) in [5.41, 5.74) is 3.78. The van der Waals surface area contributed by atoms with Gasteiger partial charge in [-0.15, -0.1) is 0 Å². The van der Waals surface area contributed by atoms with E-state index in [0.717, 1.165) is 22.0 Å². The number of H-pyrrole nitrogens is 1. The summed E-state index contributed by atoms with van der Waals surface area (Å²) in [6.07, 6.45) is 0. The van der Waals surface area contributed by atoms with Gasteiger partial charge in [0.05, 0.1) is 11.4 Å². The van der Waals surface area contributed by atoms with Crippen molar-refractivity contribution in [1.29, 1.82) is 5.41 Å². The van der Waals surface area contributed by atoms with Crippen LogP contribution < -0.4 is 5.49 Å². The highest BCUT2D eigenvalue weighted by Gasteiger charge is 2.25. The summed E-state index contributed by atoms with van der Waals surface area (Å²) in [6, 6.07) is 23.9. The lowest BCUT2D eigenvalue weighted by Gasteiger charge is -2.12. The third-order valence-corrected chi connectivity index (χ3v) is 7.07. The fourth-order valence-electron chi connectivity index (χ4n) is 3.74. The number of aryl methyl sites for hydroxylation is 1. The number of para-hydroxylation sites is 1. The minimum absolute atomic E-state index is 0.129. The molecule has 0 aliphatic carbocycles. The van der Waals surface area contributed by atoms with Crippen LogP contribution in [0.25, 0.3) is 22.1 Å². The molecule has 0 fully saturated rings. The van der Waals surface area contributed by atoms with E-state index in [9.17, 15) is 8.42 Å². The molecule has 154 valence electrons. The van der Waals surface area contributed by atoms with E-state index in [4.69, 9.17) is 5.41 Å². The van der Waals surface area contributed by atoms with Gasteiger partial charge in [-0.25, -0.2) is 13.4 Å². The standard InChI is InChI=1S/C24H20N4O2S/c1-16-11-13-18(14-12-16)31(29,30)24-22(25)28(15-17-7-3-2-4-8-17)23-21(27-24)19-9-5-6-10-20(19)26-23/h2-14,25-26H,15H2,1H3. The lowest BCUT2D eigenvalue weighted by atomic mass is 10.2. The number of benzene rings is 3. The first kappa shape index (κ1) is 19.3. The molecule has 0 unspecified atom stereocenters. The summed E-state index contributed by atoms with van der Waals surface area (Å²) in [5, 5.41) is 9.37. The van der Waals surface area contributed by atoms with Gasteiger partial charge in [-0.3, -0.25) is 5.41 Å². The van der Waals surface area contributed by atoms with Crippen molar-refractivity contribution < 1.29 is 8.42 Å². The number of nitrogens with zero attached hydrogens (tertiary/aromatic N) is 2. The van der Waals surface area contributed by atoms with Crippen molar-refractivity contribution in [1.82, 2.24) is 14.5 Å². The third-order valence-electron chi connectivity index (χ3n) is 5.38. The van der Waals surface area contributed by atoms with Gasteiger partial charge < -0.3 is 9.55 Å². The lowest BCUT2D eigenvalue weighted by Crippen LogP contribution is -2.29. The largest absolute Gasteiger partial charge is 0.339 e. The van der Waals surface area contributed by atoms with Gasteiger partial charge in [0.25, 0.3) is 0 Å². The normalized spacial score (nSPS) is 11.9. The molecule has 0 aliphatic rings. The molecule has 0 bridgehead atoms. The molecule has 6 nitrogen and oxygen atoms in total. The zero-order valence-electron chi connectivity index (χ0n) is 16.8. The Morgan fingerprint density at radius 3 is 2.35 bits per heavy atom. The zero-order chi connectivity index (χ0) is 21.6. The molecule has 5 rings (SSSR count). The predicted octanol–water partition coefficient (Wildman–Crippen LogP) is 4.19. The van der Waals surface area contributed by atoms with E-state index in [-0.39, 0.29) is 15.4 Å². The van der Waals surface area contributed by atoms with Gasteiger partial charge in [0.15, 0.2) is 5.49 Å². The van der Waals surface area contributed by atoms with Crippen LogP contribution in [0.5, 0.6) is 0 Å². The second-order valence-corrected chi connectivity index (χ2v) is 9.39. The summed E-state index contributed by atoms with van der Waals surface area (Å²) in [7, 11) is -3.97. The van der Waals surface area contributed by atoms with Gasteiger partial charge in [0.2, 0.25) is 14.9 Å². The number of hydrogen-bond acceptors (Lipinski definition) is 4. The Labute approximate surface area is 179 Å². The van der Waals surface area contributed by atoms with Crippen molar-refractivity contribution in [2.75, 3.05) is 0 Å². The van der Waals surface area contributed by atoms with Crippen molar-refractivity contribution in [2.45, 2.75) is 23.4 Å². The highest BCUT2D eigenvalue weighted by molar-refractivity contribution is 7.91. The van der Waals surface area contributed by atoms with Crippen LogP contribution in [0.3, 0.4) is 0 Å². The van der Waals surface area contributed by atoms with Crippen molar-refractivity contribution in [3.8, 4) is 0 Å². The fraction of sp³-hybridized carbons (Fsp3) is 0.0833. The molecule has 5 aromatic rings. The Balaban J connectivity index is 1.83. The van der Waals surface area contributed by atoms with E-state index in [0.29, 0.717) is 17.7 Å². The predicted molar refractivity (Wildman–Crippen MR) is 120 cm³/mol. The summed E-state index contributed by atoms with van der Waals surface area (Å²) in [5.74, 6) is 0. The molecule has 0 saturated carbocycles. The highest BCUT2D eigenvalue weighted by Crippen LogP contribution is 2.26. The molecule has 0 amide bonds. The van der Waals surface area contributed by atoms with Crippen LogP contribution in [0.2, 0.25) is 0 Å². The lowest BCUT2D eigenvalue weighted by molar-refractivity contribution is 0.585. The van der Waals surface area contributed by atoms with Crippen LogP contribution in [0.1, 0.15) is 11.1 Å². The number of nitrogens with one attached hydrogen (secondary N) is 2. The molecule has 7 heteroatoms. The maximum Gasteiger partial charge on any atom is 0.227 e. The van der Waals surface area contributed by atoms with E-state index in [1.807, 2.05) is 61.5 Å². The average molecular weight is 429 g/mol. The second-order valence-electron chi connectivity index (χ2n) is 7.52. The van der Waals surface area contributed by atoms with E-state index < -0.39 is 9.84 Å². The summed E-state index contributed by atoms with van der Waals surface area (Å²) < 4.78 is 28.6. The van der Waals surface area contributed by atoms with Gasteiger partial charge >= 0.3 is 0 Å². The van der Waals surface area contributed by atoms with Crippen molar-refractivity contribution in [3.63, 3.8) is 0 Å². The van der Waals surface area contributed by atoms with Crippen LogP contribution in [0, 0.1) is 12.3 Å². The molecule has 0 saturated heterocycles. The Kier molecular flexibility index (Phi) is 4.48. The molecule has 2 heterocycles. The number of aromatic nitrogens is 3. The average Bonchev–Trinajstić information content (AvgIpc) is 3.15. The van der Waals surface area contributed by atoms with Gasteiger partial charge in [0, 0.05) is 10.9 Å². The number of hydrogen-bond donors (Lipinski definition) is 2. The van der Waals surface area contributed by atoms with Crippen LogP contribution in [-0.4, -0.2) is 23.0 Å². The minimum atomic E-state index is -3.97. The first-order valence-electron chi connectivity index (χ1n) is 9.87. The molecule has 3 aromatic carbocycles. The Morgan fingerprint density at radius 2 is 1.61 bits per heavy atom. The van der Waals surface area contributed by atoms with E-state index in [1.54, 1.807) is 28.8 Å². The Morgan fingerprint density at radius 1 is 0.935 bits per heavy atom. The first-order chi connectivity index (χ1) is 14.9. The maximum atomic E-state index is 13.5. The minimum Gasteiger partial charge on any atom is -0.339 e. The number of sulfone groups is 1. The van der Waals surface area contributed by atoms with E-state index in [1.165, 1.54) is 0 Å². The monoisotopic (exact) mass is 428 g/mol. The first-order valence-corrected chi connectivity index (χ1v) is 11.3. The molecule has 0 aliphatic heterocycles. The molecule has 2 N–H and O–H groups in total. The van der Waals surface area contributed by atoms with Crippen molar-refractivity contribution >= 4 is 31.9 Å². The van der Waals surface area contributed by atoms with Crippen molar-refractivity contribution in [3.05, 3.63) is 95.5 Å². The molecular formula is C24H20N4O2S. The Bertz CT molecular complexity index is 1580. The molecule has 0 radical (unpaired) electrons. The summed E-state index contributed by atoms with van der Waals surface area (Å²) >= 11 is 0. The fourth-order valence-corrected chi connectivity index (χ4v) is 5.04. The SMILES string of the molecule is Cc1ccc(S(=O)(=O)c2nc3c4ccccc4[nH]c3n(Cc3ccccc3)c2=N)cc1. The van der Waals surface area contributed by atoms with Crippen LogP contribution >= 0.6 is 0 Å². The number of fused-ring (bicyclic) bond motifs is 3. The summed E-state index contributed by atoms with van der Waals surface area (Å²) in [6.45, 7) is 2.25. The number of rotatable bonds is 4. The maximum absolute atomic E-state index is 13.5. The van der Waals surface area contributed by atoms with E-state index >= 15 is 0 Å². The zero-order valence-corrected chi connectivity index (χ0v) is 17.6. The van der Waals surface area contributed by atoms with Gasteiger partial charge in [-0.1, -0.05) is 66.2 Å². The second kappa shape index (κ2) is 7.21. The molecule has 0 atom stereocenters. The van der Waals surface area contributed by atoms with Crippen LogP contribution in [-0.2, 0) is 16.4 Å². The molecule has 0 spiro atoms. The van der Waals surface area contributed by atoms with Gasteiger partial charge in [-0.2, -0.15) is 0 Å². The third kappa shape index (κ3) is 3.23. The number of aromatic amines is 1. The molecule has 2 aromatic heterocycles. The van der Waals surface area contributed by atoms with Crippen molar-refractivity contribution in [2.24, 2.45) is 0 Å². The van der Waals surface area contributed by atoms with Gasteiger partial charge in [-0.05, 0) is 30.7 Å². The summed E-state index contributed by atoms with van der Waals surface area (Å²) in [4.78, 5) is 7.96. The smallest absolute Gasteiger partial charge is 0.227 e.